The first kappa shape index (κ1) is 14.9. The Morgan fingerprint density at radius 2 is 1.95 bits per heavy atom. The van der Waals surface area contributed by atoms with Crippen molar-refractivity contribution >= 4 is 33.2 Å². The molecule has 0 amide bonds. The van der Waals surface area contributed by atoms with Crippen molar-refractivity contribution in [2.45, 2.75) is 19.4 Å². The van der Waals surface area contributed by atoms with Crippen molar-refractivity contribution in [2.24, 2.45) is 0 Å². The van der Waals surface area contributed by atoms with Gasteiger partial charge in [-0.2, -0.15) is 5.26 Å². The lowest BCUT2D eigenvalue weighted by atomic mass is 10.1. The lowest BCUT2D eigenvalue weighted by Gasteiger charge is -2.16. The van der Waals surface area contributed by atoms with Gasteiger partial charge in [-0.15, -0.1) is 0 Å². The summed E-state index contributed by atoms with van der Waals surface area (Å²) in [5.41, 5.74) is 2.71. The zero-order valence-electron chi connectivity index (χ0n) is 11.0. The molecule has 0 bridgehead atoms. The summed E-state index contributed by atoms with van der Waals surface area (Å²) in [6.07, 6.45) is 0.873. The number of nitriles is 1. The van der Waals surface area contributed by atoms with Crippen LogP contribution in [0.1, 0.15) is 18.1 Å². The van der Waals surface area contributed by atoms with Crippen molar-refractivity contribution in [1.29, 1.82) is 5.26 Å². The number of anilines is 1. The second kappa shape index (κ2) is 6.78. The van der Waals surface area contributed by atoms with E-state index in [-0.39, 0.29) is 6.04 Å². The Balaban J connectivity index is 2.06. The van der Waals surface area contributed by atoms with Gasteiger partial charge in [0, 0.05) is 15.5 Å². The highest BCUT2D eigenvalue weighted by atomic mass is 79.9. The van der Waals surface area contributed by atoms with Crippen LogP contribution in [0.15, 0.2) is 46.9 Å². The summed E-state index contributed by atoms with van der Waals surface area (Å²) in [5.74, 6) is 0. The van der Waals surface area contributed by atoms with Crippen LogP contribution >= 0.6 is 27.5 Å². The number of benzene rings is 2. The third-order valence-electron chi connectivity index (χ3n) is 2.96. The van der Waals surface area contributed by atoms with Crippen molar-refractivity contribution < 1.29 is 0 Å². The number of hydrogen-bond acceptors (Lipinski definition) is 2. The van der Waals surface area contributed by atoms with Crippen molar-refractivity contribution in [3.8, 4) is 6.07 Å². The number of nitrogens with zero attached hydrogens (tertiary/aromatic N) is 1. The SMILES string of the molecule is CC(Cc1ccc(Cl)cc1)Nc1ccc(Br)cc1C#N. The molecule has 0 heterocycles. The molecule has 2 nitrogen and oxygen atoms in total. The summed E-state index contributed by atoms with van der Waals surface area (Å²) in [5, 5.41) is 13.3. The zero-order valence-corrected chi connectivity index (χ0v) is 13.4. The van der Waals surface area contributed by atoms with Crippen LogP contribution < -0.4 is 5.32 Å². The van der Waals surface area contributed by atoms with Gasteiger partial charge in [-0.1, -0.05) is 39.7 Å². The number of nitrogens with one attached hydrogen (secondary N) is 1. The molecule has 0 fully saturated rings. The Morgan fingerprint density at radius 3 is 2.60 bits per heavy atom. The molecule has 102 valence electrons. The van der Waals surface area contributed by atoms with E-state index in [4.69, 9.17) is 16.9 Å². The van der Waals surface area contributed by atoms with Gasteiger partial charge in [-0.3, -0.25) is 0 Å². The summed E-state index contributed by atoms with van der Waals surface area (Å²) >= 11 is 9.25. The highest BCUT2D eigenvalue weighted by molar-refractivity contribution is 9.10. The summed E-state index contributed by atoms with van der Waals surface area (Å²) in [6.45, 7) is 2.10. The number of hydrogen-bond donors (Lipinski definition) is 1. The van der Waals surface area contributed by atoms with Crippen LogP contribution in [0.2, 0.25) is 5.02 Å². The van der Waals surface area contributed by atoms with E-state index < -0.39 is 0 Å². The van der Waals surface area contributed by atoms with Crippen LogP contribution in [-0.4, -0.2) is 6.04 Å². The lowest BCUT2D eigenvalue weighted by molar-refractivity contribution is 0.790. The Kier molecular flexibility index (Phi) is 5.05. The van der Waals surface area contributed by atoms with E-state index in [1.807, 2.05) is 42.5 Å². The maximum Gasteiger partial charge on any atom is 0.101 e. The molecule has 0 saturated carbocycles. The van der Waals surface area contributed by atoms with Crippen molar-refractivity contribution in [1.82, 2.24) is 0 Å². The topological polar surface area (TPSA) is 35.8 Å². The first-order valence-corrected chi connectivity index (χ1v) is 7.46. The van der Waals surface area contributed by atoms with Gasteiger partial charge in [0.25, 0.3) is 0 Å². The molecule has 0 aliphatic carbocycles. The molecule has 2 rings (SSSR count). The molecule has 0 spiro atoms. The Morgan fingerprint density at radius 1 is 1.25 bits per heavy atom. The van der Waals surface area contributed by atoms with Crippen LogP contribution in [-0.2, 0) is 6.42 Å². The smallest absolute Gasteiger partial charge is 0.101 e. The molecule has 1 atom stereocenters. The second-order valence-electron chi connectivity index (χ2n) is 4.68. The largest absolute Gasteiger partial charge is 0.381 e. The molecule has 0 saturated heterocycles. The van der Waals surface area contributed by atoms with E-state index in [1.165, 1.54) is 5.56 Å². The first-order valence-electron chi connectivity index (χ1n) is 6.29. The van der Waals surface area contributed by atoms with Gasteiger partial charge < -0.3 is 5.32 Å². The second-order valence-corrected chi connectivity index (χ2v) is 6.03. The van der Waals surface area contributed by atoms with E-state index >= 15 is 0 Å². The monoisotopic (exact) mass is 348 g/mol. The van der Waals surface area contributed by atoms with Crippen LogP contribution in [0.25, 0.3) is 0 Å². The first-order chi connectivity index (χ1) is 9.58. The molecular weight excluding hydrogens is 336 g/mol. The Labute approximate surface area is 132 Å². The van der Waals surface area contributed by atoms with Gasteiger partial charge in [-0.05, 0) is 49.2 Å². The molecule has 0 aliphatic rings. The van der Waals surface area contributed by atoms with Crippen molar-refractivity contribution in [3.05, 3.63) is 63.1 Å². The summed E-state index contributed by atoms with van der Waals surface area (Å²) in [7, 11) is 0. The quantitative estimate of drug-likeness (QED) is 0.841. The van der Waals surface area contributed by atoms with E-state index in [1.54, 1.807) is 0 Å². The van der Waals surface area contributed by atoms with Crippen LogP contribution in [0.4, 0.5) is 5.69 Å². The zero-order chi connectivity index (χ0) is 14.5. The maximum absolute atomic E-state index is 9.15. The minimum absolute atomic E-state index is 0.226. The van der Waals surface area contributed by atoms with E-state index in [2.05, 4.69) is 34.2 Å². The molecule has 0 aliphatic heterocycles. The van der Waals surface area contributed by atoms with Crippen molar-refractivity contribution in [2.75, 3.05) is 5.32 Å². The molecule has 2 aromatic carbocycles. The van der Waals surface area contributed by atoms with Gasteiger partial charge in [0.2, 0.25) is 0 Å². The molecule has 20 heavy (non-hydrogen) atoms. The van der Waals surface area contributed by atoms with Gasteiger partial charge in [0.05, 0.1) is 11.3 Å². The number of halogens is 2. The van der Waals surface area contributed by atoms with Crippen molar-refractivity contribution in [3.63, 3.8) is 0 Å². The van der Waals surface area contributed by atoms with E-state index in [0.29, 0.717) is 5.56 Å². The molecule has 2 aromatic rings. The van der Waals surface area contributed by atoms with Crippen LogP contribution in [0.3, 0.4) is 0 Å². The summed E-state index contributed by atoms with van der Waals surface area (Å²) in [4.78, 5) is 0. The van der Waals surface area contributed by atoms with Gasteiger partial charge in [0.1, 0.15) is 6.07 Å². The molecule has 1 unspecified atom stereocenters. The Bertz CT molecular complexity index is 632. The van der Waals surface area contributed by atoms with Gasteiger partial charge in [0.15, 0.2) is 0 Å². The minimum atomic E-state index is 0.226. The molecule has 4 heteroatoms. The van der Waals surface area contributed by atoms with Crippen LogP contribution in [0, 0.1) is 11.3 Å². The van der Waals surface area contributed by atoms with Gasteiger partial charge >= 0.3 is 0 Å². The fraction of sp³-hybridized carbons (Fsp3) is 0.188. The highest BCUT2D eigenvalue weighted by Crippen LogP contribution is 2.21. The lowest BCUT2D eigenvalue weighted by Crippen LogP contribution is -2.18. The summed E-state index contributed by atoms with van der Waals surface area (Å²) in [6, 6.07) is 15.9. The van der Waals surface area contributed by atoms with E-state index in [9.17, 15) is 0 Å². The number of rotatable bonds is 4. The maximum atomic E-state index is 9.15. The average molecular weight is 350 g/mol. The van der Waals surface area contributed by atoms with Gasteiger partial charge in [-0.25, -0.2) is 0 Å². The average Bonchev–Trinajstić information content (AvgIpc) is 2.43. The molecule has 0 radical (unpaired) electrons. The standard InChI is InChI=1S/C16H14BrClN2/c1-11(8-12-2-5-15(18)6-3-12)20-16-7-4-14(17)9-13(16)10-19/h2-7,9,11,20H,8H2,1H3. The predicted octanol–water partition coefficient (Wildman–Crippen LogP) is 5.02. The van der Waals surface area contributed by atoms with Crippen LogP contribution in [0.5, 0.6) is 0 Å². The molecule has 1 N–H and O–H groups in total. The molecular formula is C16H14BrClN2. The summed E-state index contributed by atoms with van der Waals surface area (Å²) < 4.78 is 0.907. The fourth-order valence-corrected chi connectivity index (χ4v) is 2.51. The third-order valence-corrected chi connectivity index (χ3v) is 3.70. The normalized spacial score (nSPS) is 11.7. The predicted molar refractivity (Wildman–Crippen MR) is 87.1 cm³/mol. The highest BCUT2D eigenvalue weighted by Gasteiger charge is 2.07. The molecule has 0 aromatic heterocycles. The van der Waals surface area contributed by atoms with E-state index in [0.717, 1.165) is 21.6 Å². The minimum Gasteiger partial charge on any atom is -0.381 e. The fourth-order valence-electron chi connectivity index (χ4n) is 2.03. The third kappa shape index (κ3) is 4.00. The Hall–Kier alpha value is -1.50.